The van der Waals surface area contributed by atoms with Crippen LogP contribution in [0.3, 0.4) is 0 Å². The van der Waals surface area contributed by atoms with Crippen molar-refractivity contribution in [2.24, 2.45) is 0 Å². The fourth-order valence-electron chi connectivity index (χ4n) is 1.70. The minimum absolute atomic E-state index is 0.115. The lowest BCUT2D eigenvalue weighted by atomic mass is 10.2. The molecule has 0 spiro atoms. The lowest BCUT2D eigenvalue weighted by molar-refractivity contribution is 0.0940. The number of carbonyl (C=O) groups is 1. The van der Waals surface area contributed by atoms with Crippen molar-refractivity contribution in [3.8, 4) is 0 Å². The van der Waals surface area contributed by atoms with E-state index in [1.165, 1.54) is 0 Å². The van der Waals surface area contributed by atoms with E-state index in [0.29, 0.717) is 11.4 Å². The predicted molar refractivity (Wildman–Crippen MR) is 76.5 cm³/mol. The fraction of sp³-hybridized carbons (Fsp3) is 0.308. The maximum absolute atomic E-state index is 12.2. The Morgan fingerprint density at radius 2 is 2.21 bits per heavy atom. The number of rotatable bonds is 4. The highest BCUT2D eigenvalue weighted by atomic mass is 32.1. The van der Waals surface area contributed by atoms with Crippen LogP contribution >= 0.6 is 11.3 Å². The minimum atomic E-state index is -0.155. The van der Waals surface area contributed by atoms with Gasteiger partial charge in [0.15, 0.2) is 0 Å². The summed E-state index contributed by atoms with van der Waals surface area (Å²) in [6.45, 7) is 3.92. The molecule has 0 aliphatic carbocycles. The summed E-state index contributed by atoms with van der Waals surface area (Å²) in [6, 6.07) is 3.37. The molecule has 0 bridgehead atoms. The van der Waals surface area contributed by atoms with Crippen molar-refractivity contribution in [1.82, 2.24) is 15.3 Å². The zero-order valence-electron chi connectivity index (χ0n) is 11.1. The average molecular weight is 276 g/mol. The molecule has 0 fully saturated rings. The van der Waals surface area contributed by atoms with Crippen molar-refractivity contribution in [1.29, 1.82) is 0 Å². The van der Waals surface area contributed by atoms with Crippen LogP contribution in [-0.4, -0.2) is 22.9 Å². The Labute approximate surface area is 116 Å². The van der Waals surface area contributed by atoms with Gasteiger partial charge in [0, 0.05) is 24.3 Å². The first-order valence-electron chi connectivity index (χ1n) is 5.97. The van der Waals surface area contributed by atoms with E-state index >= 15 is 0 Å². The third-order valence-corrected chi connectivity index (χ3v) is 3.74. The van der Waals surface area contributed by atoms with Crippen LogP contribution in [0.2, 0.25) is 0 Å². The van der Waals surface area contributed by atoms with Gasteiger partial charge in [-0.25, -0.2) is 9.97 Å². The lowest BCUT2D eigenvalue weighted by Crippen LogP contribution is -2.27. The number of hydrogen-bond donors (Lipinski definition) is 2. The largest absolute Gasteiger partial charge is 0.372 e. The van der Waals surface area contributed by atoms with Gasteiger partial charge in [-0.2, -0.15) is 0 Å². The maximum atomic E-state index is 12.2. The molecule has 100 valence electrons. The first-order chi connectivity index (χ1) is 9.11. The molecule has 1 unspecified atom stereocenters. The molecule has 2 aromatic rings. The Bertz CT molecular complexity index is 582. The van der Waals surface area contributed by atoms with Crippen molar-refractivity contribution in [3.63, 3.8) is 0 Å². The molecule has 1 atom stereocenters. The van der Waals surface area contributed by atoms with E-state index in [9.17, 15) is 4.79 Å². The Hall–Kier alpha value is -1.95. The third-order valence-electron chi connectivity index (χ3n) is 2.65. The topological polar surface area (TPSA) is 66.9 Å². The average Bonchev–Trinajstić information content (AvgIpc) is 2.85. The number of thiazole rings is 1. The monoisotopic (exact) mass is 276 g/mol. The number of anilines is 1. The van der Waals surface area contributed by atoms with E-state index in [1.807, 2.05) is 20.0 Å². The Morgan fingerprint density at radius 1 is 1.42 bits per heavy atom. The fourth-order valence-corrected chi connectivity index (χ4v) is 2.47. The number of hydrogen-bond acceptors (Lipinski definition) is 5. The first-order valence-corrected chi connectivity index (χ1v) is 6.79. The van der Waals surface area contributed by atoms with Gasteiger partial charge in [-0.15, -0.1) is 11.3 Å². The summed E-state index contributed by atoms with van der Waals surface area (Å²) in [5.41, 5.74) is 0.533. The van der Waals surface area contributed by atoms with Crippen LogP contribution in [0.15, 0.2) is 24.5 Å². The predicted octanol–water partition coefficient (Wildman–Crippen LogP) is 2.38. The van der Waals surface area contributed by atoms with Crippen LogP contribution in [0.1, 0.15) is 33.2 Å². The SMILES string of the molecule is CNc1ncccc1C(=O)NC(C)c1ncc(C)s1. The molecule has 0 aliphatic heterocycles. The van der Waals surface area contributed by atoms with E-state index in [2.05, 4.69) is 20.6 Å². The molecule has 0 saturated heterocycles. The van der Waals surface area contributed by atoms with E-state index in [1.54, 1.807) is 36.7 Å². The van der Waals surface area contributed by atoms with E-state index < -0.39 is 0 Å². The van der Waals surface area contributed by atoms with Crippen LogP contribution in [0.25, 0.3) is 0 Å². The highest BCUT2D eigenvalue weighted by molar-refractivity contribution is 7.11. The van der Waals surface area contributed by atoms with Crippen molar-refractivity contribution in [3.05, 3.63) is 40.0 Å². The number of pyridine rings is 1. The van der Waals surface area contributed by atoms with Crippen molar-refractivity contribution in [2.45, 2.75) is 19.9 Å². The Morgan fingerprint density at radius 3 is 2.84 bits per heavy atom. The highest BCUT2D eigenvalue weighted by Gasteiger charge is 2.16. The minimum Gasteiger partial charge on any atom is -0.372 e. The van der Waals surface area contributed by atoms with Crippen molar-refractivity contribution in [2.75, 3.05) is 12.4 Å². The normalized spacial score (nSPS) is 11.9. The molecule has 6 heteroatoms. The highest BCUT2D eigenvalue weighted by Crippen LogP contribution is 2.20. The van der Waals surface area contributed by atoms with Crippen molar-refractivity contribution < 1.29 is 4.79 Å². The first kappa shape index (κ1) is 13.5. The maximum Gasteiger partial charge on any atom is 0.255 e. The van der Waals surface area contributed by atoms with E-state index in [0.717, 1.165) is 9.88 Å². The second-order valence-electron chi connectivity index (χ2n) is 4.15. The summed E-state index contributed by atoms with van der Waals surface area (Å²) in [6.07, 6.45) is 3.46. The van der Waals surface area contributed by atoms with Crippen LogP contribution in [-0.2, 0) is 0 Å². The Kier molecular flexibility index (Phi) is 4.11. The van der Waals surface area contributed by atoms with Gasteiger partial charge in [0.2, 0.25) is 0 Å². The molecule has 2 N–H and O–H groups in total. The summed E-state index contributed by atoms with van der Waals surface area (Å²) in [4.78, 5) is 21.7. The number of carbonyl (C=O) groups excluding carboxylic acids is 1. The molecular weight excluding hydrogens is 260 g/mol. The number of amides is 1. The molecule has 5 nitrogen and oxygen atoms in total. The number of aryl methyl sites for hydroxylation is 1. The van der Waals surface area contributed by atoms with Gasteiger partial charge in [0.05, 0.1) is 11.6 Å². The van der Waals surface area contributed by atoms with Crippen LogP contribution in [0, 0.1) is 6.92 Å². The number of aromatic nitrogens is 2. The number of nitrogens with zero attached hydrogens (tertiary/aromatic N) is 2. The van der Waals surface area contributed by atoms with E-state index in [-0.39, 0.29) is 11.9 Å². The molecule has 0 saturated carbocycles. The van der Waals surface area contributed by atoms with Gasteiger partial charge in [-0.3, -0.25) is 4.79 Å². The molecule has 0 aliphatic rings. The van der Waals surface area contributed by atoms with Gasteiger partial charge in [-0.05, 0) is 26.0 Å². The molecule has 2 rings (SSSR count). The third kappa shape index (κ3) is 3.08. The molecule has 0 aromatic carbocycles. The molecule has 19 heavy (non-hydrogen) atoms. The van der Waals surface area contributed by atoms with Gasteiger partial charge in [0.1, 0.15) is 10.8 Å². The Balaban J connectivity index is 2.12. The van der Waals surface area contributed by atoms with Gasteiger partial charge >= 0.3 is 0 Å². The quantitative estimate of drug-likeness (QED) is 0.899. The van der Waals surface area contributed by atoms with Gasteiger partial charge < -0.3 is 10.6 Å². The molecule has 1 amide bonds. The second kappa shape index (κ2) is 5.79. The second-order valence-corrected chi connectivity index (χ2v) is 5.42. The number of nitrogens with one attached hydrogen (secondary N) is 2. The molecule has 2 heterocycles. The zero-order chi connectivity index (χ0) is 13.8. The molecule has 2 aromatic heterocycles. The smallest absolute Gasteiger partial charge is 0.255 e. The summed E-state index contributed by atoms with van der Waals surface area (Å²) >= 11 is 1.59. The molecular formula is C13H16N4OS. The summed E-state index contributed by atoms with van der Waals surface area (Å²) in [5, 5.41) is 6.74. The summed E-state index contributed by atoms with van der Waals surface area (Å²) in [5.74, 6) is 0.417. The van der Waals surface area contributed by atoms with E-state index in [4.69, 9.17) is 0 Å². The van der Waals surface area contributed by atoms with Crippen LogP contribution in [0.4, 0.5) is 5.82 Å². The summed E-state index contributed by atoms with van der Waals surface area (Å²) < 4.78 is 0. The van der Waals surface area contributed by atoms with Gasteiger partial charge in [-0.1, -0.05) is 0 Å². The van der Waals surface area contributed by atoms with Crippen molar-refractivity contribution >= 4 is 23.1 Å². The lowest BCUT2D eigenvalue weighted by Gasteiger charge is -2.13. The van der Waals surface area contributed by atoms with Crippen LogP contribution < -0.4 is 10.6 Å². The zero-order valence-corrected chi connectivity index (χ0v) is 11.9. The van der Waals surface area contributed by atoms with Gasteiger partial charge in [0.25, 0.3) is 5.91 Å². The van der Waals surface area contributed by atoms with Crippen LogP contribution in [0.5, 0.6) is 0 Å². The summed E-state index contributed by atoms with van der Waals surface area (Å²) in [7, 11) is 1.74. The standard InChI is InChI=1S/C13H16N4OS/c1-8-7-16-13(19-8)9(2)17-12(18)10-5-4-6-15-11(10)14-3/h4-7,9H,1-3H3,(H,14,15)(H,17,18). The molecule has 0 radical (unpaired) electrons.